The van der Waals surface area contributed by atoms with Gasteiger partial charge >= 0.3 is 0 Å². The lowest BCUT2D eigenvalue weighted by Crippen LogP contribution is -2.30. The molecule has 4 rings (SSSR count). The highest BCUT2D eigenvalue weighted by Gasteiger charge is 2.18. The van der Waals surface area contributed by atoms with Crippen molar-refractivity contribution >= 4 is 16.9 Å². The summed E-state index contributed by atoms with van der Waals surface area (Å²) in [5, 5.41) is 3.10. The number of ether oxygens (including phenoxy) is 1. The normalized spacial score (nSPS) is 11.9. The third kappa shape index (κ3) is 5.12. The fraction of sp³-hybridized carbons (Fsp3) is 0.231. The van der Waals surface area contributed by atoms with Crippen LogP contribution in [0.15, 0.2) is 78.9 Å². The second-order valence-corrected chi connectivity index (χ2v) is 7.73. The van der Waals surface area contributed by atoms with Crippen LogP contribution in [0.4, 0.5) is 0 Å². The van der Waals surface area contributed by atoms with E-state index in [-0.39, 0.29) is 11.9 Å². The van der Waals surface area contributed by atoms with Crippen molar-refractivity contribution in [2.45, 2.75) is 32.9 Å². The van der Waals surface area contributed by atoms with Crippen molar-refractivity contribution in [1.82, 2.24) is 14.9 Å². The summed E-state index contributed by atoms with van der Waals surface area (Å²) >= 11 is 0. The van der Waals surface area contributed by atoms with Crippen LogP contribution in [0.3, 0.4) is 0 Å². The highest BCUT2D eigenvalue weighted by atomic mass is 16.5. The van der Waals surface area contributed by atoms with E-state index in [0.717, 1.165) is 28.2 Å². The number of aromatic nitrogens is 2. The Kier molecular flexibility index (Phi) is 6.32. The van der Waals surface area contributed by atoms with Gasteiger partial charge in [0, 0.05) is 0 Å². The number of benzene rings is 3. The number of hydrogen-bond donors (Lipinski definition) is 1. The number of aryl methyl sites for hydroxylation is 1. The number of imidazole rings is 1. The van der Waals surface area contributed by atoms with Crippen molar-refractivity contribution in [1.29, 1.82) is 0 Å². The molecule has 5 nitrogen and oxygen atoms in total. The topological polar surface area (TPSA) is 56.1 Å². The molecule has 0 saturated heterocycles. The molecule has 0 saturated carbocycles. The standard InChI is InChI=1S/C26H27N3O2/c1-19-9-8-12-22(17-19)31-16-15-29-24-14-7-6-13-23(24)28-26(29)20(2)27-25(30)18-21-10-4-3-5-11-21/h3-14,17,20H,15-16,18H2,1-2H3,(H,27,30). The molecule has 0 spiro atoms. The largest absolute Gasteiger partial charge is 0.492 e. The minimum atomic E-state index is -0.220. The lowest BCUT2D eigenvalue weighted by molar-refractivity contribution is -0.121. The Labute approximate surface area is 182 Å². The average molecular weight is 414 g/mol. The Bertz CT molecular complexity index is 1170. The Hall–Kier alpha value is -3.60. The number of carbonyl (C=O) groups excluding carboxylic acids is 1. The second kappa shape index (κ2) is 9.47. The molecule has 0 radical (unpaired) electrons. The van der Waals surface area contributed by atoms with Gasteiger partial charge in [-0.05, 0) is 49.2 Å². The SMILES string of the molecule is Cc1cccc(OCCn2c(C(C)NC(=O)Cc3ccccc3)nc3ccccc32)c1. The summed E-state index contributed by atoms with van der Waals surface area (Å²) in [6.07, 6.45) is 0.349. The molecule has 0 bridgehead atoms. The van der Waals surface area contributed by atoms with Gasteiger partial charge in [-0.15, -0.1) is 0 Å². The van der Waals surface area contributed by atoms with Gasteiger partial charge in [-0.25, -0.2) is 4.98 Å². The van der Waals surface area contributed by atoms with Gasteiger partial charge in [0.05, 0.1) is 30.0 Å². The highest BCUT2D eigenvalue weighted by Crippen LogP contribution is 2.21. The van der Waals surface area contributed by atoms with Gasteiger partial charge in [-0.1, -0.05) is 54.6 Å². The zero-order chi connectivity index (χ0) is 21.6. The Morgan fingerprint density at radius 3 is 2.61 bits per heavy atom. The maximum absolute atomic E-state index is 12.6. The first-order valence-corrected chi connectivity index (χ1v) is 10.6. The van der Waals surface area contributed by atoms with Crippen LogP contribution in [0.1, 0.15) is 29.9 Å². The van der Waals surface area contributed by atoms with Crippen LogP contribution in [-0.4, -0.2) is 22.1 Å². The maximum Gasteiger partial charge on any atom is 0.224 e. The molecule has 3 aromatic carbocycles. The van der Waals surface area contributed by atoms with Crippen molar-refractivity contribution in [3.05, 3.63) is 95.8 Å². The van der Waals surface area contributed by atoms with Crippen molar-refractivity contribution < 1.29 is 9.53 Å². The second-order valence-electron chi connectivity index (χ2n) is 7.73. The molecule has 31 heavy (non-hydrogen) atoms. The number of amides is 1. The molecule has 0 aliphatic rings. The maximum atomic E-state index is 12.6. The number of fused-ring (bicyclic) bond motifs is 1. The lowest BCUT2D eigenvalue weighted by Gasteiger charge is -2.17. The van der Waals surface area contributed by atoms with Crippen LogP contribution >= 0.6 is 0 Å². The Balaban J connectivity index is 1.49. The summed E-state index contributed by atoms with van der Waals surface area (Å²) in [4.78, 5) is 17.4. The van der Waals surface area contributed by atoms with E-state index < -0.39 is 0 Å². The smallest absolute Gasteiger partial charge is 0.224 e. The molecule has 1 aromatic heterocycles. The molecule has 158 valence electrons. The minimum absolute atomic E-state index is 0.0201. The third-order valence-electron chi connectivity index (χ3n) is 5.23. The van der Waals surface area contributed by atoms with Gasteiger partial charge in [0.15, 0.2) is 0 Å². The van der Waals surface area contributed by atoms with E-state index >= 15 is 0 Å². The first kappa shape index (κ1) is 20.7. The zero-order valence-electron chi connectivity index (χ0n) is 17.9. The van der Waals surface area contributed by atoms with E-state index in [2.05, 4.69) is 16.0 Å². The van der Waals surface area contributed by atoms with Gasteiger partial charge in [-0.2, -0.15) is 0 Å². The molecule has 5 heteroatoms. The predicted molar refractivity (Wildman–Crippen MR) is 123 cm³/mol. The predicted octanol–water partition coefficient (Wildman–Crippen LogP) is 4.84. The molecule has 4 aromatic rings. The van der Waals surface area contributed by atoms with Crippen molar-refractivity contribution in [3.63, 3.8) is 0 Å². The Morgan fingerprint density at radius 1 is 1.03 bits per heavy atom. The van der Waals surface area contributed by atoms with Crippen molar-refractivity contribution in [2.75, 3.05) is 6.61 Å². The number of para-hydroxylation sites is 2. The fourth-order valence-corrected chi connectivity index (χ4v) is 3.76. The van der Waals surface area contributed by atoms with Crippen LogP contribution in [-0.2, 0) is 17.8 Å². The fourth-order valence-electron chi connectivity index (χ4n) is 3.76. The van der Waals surface area contributed by atoms with E-state index in [0.29, 0.717) is 19.6 Å². The molecule has 1 heterocycles. The number of carbonyl (C=O) groups is 1. The number of nitrogens with one attached hydrogen (secondary N) is 1. The first-order chi connectivity index (χ1) is 15.1. The van der Waals surface area contributed by atoms with E-state index in [1.54, 1.807) is 0 Å². The van der Waals surface area contributed by atoms with Crippen LogP contribution in [0.5, 0.6) is 5.75 Å². The molecule has 0 fully saturated rings. The molecule has 1 N–H and O–H groups in total. The summed E-state index contributed by atoms with van der Waals surface area (Å²) in [5.74, 6) is 1.67. The van der Waals surface area contributed by atoms with Gasteiger partial charge in [-0.3, -0.25) is 4.79 Å². The number of hydrogen-bond acceptors (Lipinski definition) is 3. The highest BCUT2D eigenvalue weighted by molar-refractivity contribution is 5.79. The molecule has 0 aliphatic heterocycles. The summed E-state index contributed by atoms with van der Waals surface area (Å²) < 4.78 is 8.11. The summed E-state index contributed by atoms with van der Waals surface area (Å²) in [6, 6.07) is 25.6. The van der Waals surface area contributed by atoms with Gasteiger partial charge in [0.2, 0.25) is 5.91 Å². The van der Waals surface area contributed by atoms with Gasteiger partial charge in [0.1, 0.15) is 18.2 Å². The summed E-state index contributed by atoms with van der Waals surface area (Å²) in [6.45, 7) is 5.18. The Morgan fingerprint density at radius 2 is 1.81 bits per heavy atom. The van der Waals surface area contributed by atoms with E-state index in [1.165, 1.54) is 5.56 Å². The zero-order valence-corrected chi connectivity index (χ0v) is 17.9. The number of rotatable bonds is 8. The lowest BCUT2D eigenvalue weighted by atomic mass is 10.1. The van der Waals surface area contributed by atoms with Crippen LogP contribution in [0, 0.1) is 6.92 Å². The van der Waals surface area contributed by atoms with Gasteiger partial charge < -0.3 is 14.6 Å². The molecule has 1 unspecified atom stereocenters. The van der Waals surface area contributed by atoms with Crippen molar-refractivity contribution in [2.24, 2.45) is 0 Å². The quantitative estimate of drug-likeness (QED) is 0.450. The summed E-state index contributed by atoms with van der Waals surface area (Å²) in [7, 11) is 0. The van der Waals surface area contributed by atoms with E-state index in [9.17, 15) is 4.79 Å². The summed E-state index contributed by atoms with van der Waals surface area (Å²) in [5.41, 5.74) is 4.11. The van der Waals surface area contributed by atoms with Crippen LogP contribution in [0.2, 0.25) is 0 Å². The molecular weight excluding hydrogens is 386 g/mol. The van der Waals surface area contributed by atoms with E-state index in [1.807, 2.05) is 86.6 Å². The van der Waals surface area contributed by atoms with Gasteiger partial charge in [0.25, 0.3) is 0 Å². The molecule has 0 aliphatic carbocycles. The number of nitrogens with zero attached hydrogens (tertiary/aromatic N) is 2. The van der Waals surface area contributed by atoms with Crippen LogP contribution < -0.4 is 10.1 Å². The van der Waals surface area contributed by atoms with E-state index in [4.69, 9.17) is 9.72 Å². The monoisotopic (exact) mass is 413 g/mol. The average Bonchev–Trinajstić information content (AvgIpc) is 3.13. The molecule has 1 amide bonds. The first-order valence-electron chi connectivity index (χ1n) is 10.6. The van der Waals surface area contributed by atoms with Crippen molar-refractivity contribution in [3.8, 4) is 5.75 Å². The van der Waals surface area contributed by atoms with Crippen LogP contribution in [0.25, 0.3) is 11.0 Å². The third-order valence-corrected chi connectivity index (χ3v) is 5.23. The molecular formula is C26H27N3O2. The molecule has 1 atom stereocenters. The minimum Gasteiger partial charge on any atom is -0.492 e.